The first kappa shape index (κ1) is 18.1. The van der Waals surface area contributed by atoms with Crippen LogP contribution >= 0.6 is 11.6 Å². The number of hydrogen-bond donors (Lipinski definition) is 2. The highest BCUT2D eigenvalue weighted by Crippen LogP contribution is 2.23. The first-order chi connectivity index (χ1) is 12.6. The average Bonchev–Trinajstić information content (AvgIpc) is 2.64. The summed E-state index contributed by atoms with van der Waals surface area (Å²) in [6.07, 6.45) is 1.75. The lowest BCUT2D eigenvalue weighted by molar-refractivity contribution is 0.425. The van der Waals surface area contributed by atoms with Gasteiger partial charge in [-0.25, -0.2) is 4.98 Å². The first-order valence-corrected chi connectivity index (χ1v) is 8.69. The van der Waals surface area contributed by atoms with Crippen molar-refractivity contribution in [1.29, 1.82) is 0 Å². The third-order valence-corrected chi connectivity index (χ3v) is 3.86. The van der Waals surface area contributed by atoms with E-state index in [1.54, 1.807) is 6.20 Å². The summed E-state index contributed by atoms with van der Waals surface area (Å²) < 4.78 is 0. The van der Waals surface area contributed by atoms with Crippen molar-refractivity contribution >= 4 is 29.1 Å². The van der Waals surface area contributed by atoms with Crippen molar-refractivity contribution in [1.82, 2.24) is 19.9 Å². The van der Waals surface area contributed by atoms with Gasteiger partial charge in [-0.1, -0.05) is 17.7 Å². The van der Waals surface area contributed by atoms with Crippen molar-refractivity contribution in [3.63, 3.8) is 0 Å². The topological polar surface area (TPSA) is 66.0 Å². The number of pyridine rings is 1. The Bertz CT molecular complexity index is 836. The highest BCUT2D eigenvalue weighted by atomic mass is 35.5. The molecule has 2 N–H and O–H groups in total. The van der Waals surface area contributed by atoms with Crippen molar-refractivity contribution < 1.29 is 0 Å². The minimum Gasteiger partial charge on any atom is -0.353 e. The van der Waals surface area contributed by atoms with Crippen LogP contribution in [0.1, 0.15) is 0 Å². The molecule has 6 nitrogen and oxygen atoms in total. The van der Waals surface area contributed by atoms with Gasteiger partial charge in [0, 0.05) is 36.1 Å². The fourth-order valence-corrected chi connectivity index (χ4v) is 2.43. The van der Waals surface area contributed by atoms with Crippen LogP contribution in [0.25, 0.3) is 11.4 Å². The van der Waals surface area contributed by atoms with Gasteiger partial charge in [0.1, 0.15) is 5.82 Å². The van der Waals surface area contributed by atoms with E-state index in [1.807, 2.05) is 62.6 Å². The van der Waals surface area contributed by atoms with E-state index in [2.05, 4.69) is 30.5 Å². The van der Waals surface area contributed by atoms with Crippen LogP contribution in [-0.2, 0) is 0 Å². The molecule has 134 valence electrons. The SMILES string of the molecule is CN(C)CCNc1nc(Nc2ccc(Cl)cc2)cc(-c2ccccn2)n1. The molecule has 7 heteroatoms. The lowest BCUT2D eigenvalue weighted by atomic mass is 10.2. The summed E-state index contributed by atoms with van der Waals surface area (Å²) >= 11 is 5.95. The molecule has 0 unspecified atom stereocenters. The van der Waals surface area contributed by atoms with Gasteiger partial charge >= 0.3 is 0 Å². The second-order valence-corrected chi connectivity index (χ2v) is 6.48. The molecule has 0 saturated heterocycles. The molecule has 0 radical (unpaired) electrons. The third kappa shape index (κ3) is 5.15. The molecule has 1 aromatic carbocycles. The van der Waals surface area contributed by atoms with Gasteiger partial charge in [-0.15, -0.1) is 0 Å². The number of benzene rings is 1. The summed E-state index contributed by atoms with van der Waals surface area (Å²) in [6.45, 7) is 1.64. The molecule has 0 aliphatic carbocycles. The number of nitrogens with one attached hydrogen (secondary N) is 2. The van der Waals surface area contributed by atoms with Crippen molar-refractivity contribution in [2.45, 2.75) is 0 Å². The van der Waals surface area contributed by atoms with E-state index in [0.29, 0.717) is 16.8 Å². The van der Waals surface area contributed by atoms with Crippen LogP contribution in [-0.4, -0.2) is 47.0 Å². The van der Waals surface area contributed by atoms with E-state index in [4.69, 9.17) is 11.6 Å². The van der Waals surface area contributed by atoms with Crippen molar-refractivity contribution in [2.75, 3.05) is 37.8 Å². The van der Waals surface area contributed by atoms with E-state index >= 15 is 0 Å². The fraction of sp³-hybridized carbons (Fsp3) is 0.211. The Balaban J connectivity index is 1.87. The Morgan fingerprint density at radius 3 is 2.50 bits per heavy atom. The van der Waals surface area contributed by atoms with Gasteiger partial charge in [0.25, 0.3) is 0 Å². The maximum Gasteiger partial charge on any atom is 0.225 e. The molecule has 0 aliphatic rings. The van der Waals surface area contributed by atoms with E-state index in [1.165, 1.54) is 0 Å². The summed E-state index contributed by atoms with van der Waals surface area (Å²) in [5.74, 6) is 1.25. The number of likely N-dealkylation sites (N-methyl/N-ethyl adjacent to an activating group) is 1. The largest absolute Gasteiger partial charge is 0.353 e. The van der Waals surface area contributed by atoms with Gasteiger partial charge in [-0.2, -0.15) is 4.98 Å². The van der Waals surface area contributed by atoms with E-state index < -0.39 is 0 Å². The minimum atomic E-state index is 0.562. The molecule has 3 rings (SSSR count). The van der Waals surface area contributed by atoms with Crippen molar-refractivity contribution in [2.24, 2.45) is 0 Å². The number of aromatic nitrogens is 3. The average molecular weight is 369 g/mol. The van der Waals surface area contributed by atoms with Gasteiger partial charge in [0.2, 0.25) is 5.95 Å². The quantitative estimate of drug-likeness (QED) is 0.659. The molecule has 0 saturated carbocycles. The van der Waals surface area contributed by atoms with Gasteiger partial charge in [0.05, 0.1) is 11.4 Å². The lowest BCUT2D eigenvalue weighted by Crippen LogP contribution is -2.21. The Hall–Kier alpha value is -2.70. The molecule has 26 heavy (non-hydrogen) atoms. The van der Waals surface area contributed by atoms with E-state index in [9.17, 15) is 0 Å². The Kier molecular flexibility index (Phi) is 5.99. The molecule has 0 aliphatic heterocycles. The van der Waals surface area contributed by atoms with Crippen molar-refractivity contribution in [3.05, 3.63) is 59.8 Å². The van der Waals surface area contributed by atoms with Crippen LogP contribution in [0.2, 0.25) is 5.02 Å². The standard InChI is InChI=1S/C19H21ClN6/c1-26(2)12-11-22-19-24-17(16-5-3-4-10-21-16)13-18(25-19)23-15-8-6-14(20)7-9-15/h3-10,13H,11-12H2,1-2H3,(H2,22,23,24,25). The molecular formula is C19H21ClN6. The predicted molar refractivity (Wildman–Crippen MR) is 107 cm³/mol. The van der Waals surface area contributed by atoms with Gasteiger partial charge < -0.3 is 15.5 Å². The van der Waals surface area contributed by atoms with Crippen LogP contribution < -0.4 is 10.6 Å². The Morgan fingerprint density at radius 2 is 1.81 bits per heavy atom. The number of nitrogens with zero attached hydrogens (tertiary/aromatic N) is 4. The summed E-state index contributed by atoms with van der Waals surface area (Å²) in [6, 6.07) is 15.1. The number of halogens is 1. The summed E-state index contributed by atoms with van der Waals surface area (Å²) in [4.78, 5) is 15.6. The minimum absolute atomic E-state index is 0.562. The van der Waals surface area contributed by atoms with Crippen LogP contribution in [0.15, 0.2) is 54.7 Å². The number of rotatable bonds is 7. The third-order valence-electron chi connectivity index (χ3n) is 3.61. The summed E-state index contributed by atoms with van der Waals surface area (Å²) in [7, 11) is 4.06. The molecule has 0 atom stereocenters. The summed E-state index contributed by atoms with van der Waals surface area (Å²) in [5, 5.41) is 7.25. The monoisotopic (exact) mass is 368 g/mol. The maximum atomic E-state index is 5.95. The van der Waals surface area contributed by atoms with Crippen LogP contribution in [0.3, 0.4) is 0 Å². The second kappa shape index (κ2) is 8.60. The molecule has 0 spiro atoms. The van der Waals surface area contributed by atoms with Gasteiger partial charge in [-0.3, -0.25) is 4.98 Å². The van der Waals surface area contributed by atoms with Crippen molar-refractivity contribution in [3.8, 4) is 11.4 Å². The molecule has 0 bridgehead atoms. The molecule has 0 amide bonds. The zero-order valence-corrected chi connectivity index (χ0v) is 15.5. The lowest BCUT2D eigenvalue weighted by Gasteiger charge is -2.13. The van der Waals surface area contributed by atoms with E-state index in [0.717, 1.165) is 30.2 Å². The zero-order chi connectivity index (χ0) is 18.4. The number of anilines is 3. The molecule has 3 aromatic rings. The van der Waals surface area contributed by atoms with Crippen LogP contribution in [0.4, 0.5) is 17.5 Å². The summed E-state index contributed by atoms with van der Waals surface area (Å²) in [5.41, 5.74) is 2.45. The Labute approximate surface area is 158 Å². The molecule has 2 heterocycles. The second-order valence-electron chi connectivity index (χ2n) is 6.04. The smallest absolute Gasteiger partial charge is 0.225 e. The zero-order valence-electron chi connectivity index (χ0n) is 14.8. The van der Waals surface area contributed by atoms with E-state index in [-0.39, 0.29) is 0 Å². The Morgan fingerprint density at radius 1 is 1.00 bits per heavy atom. The molecular weight excluding hydrogens is 348 g/mol. The number of hydrogen-bond acceptors (Lipinski definition) is 6. The van der Waals surface area contributed by atoms with Gasteiger partial charge in [-0.05, 0) is 50.5 Å². The van der Waals surface area contributed by atoms with Gasteiger partial charge in [0.15, 0.2) is 0 Å². The van der Waals surface area contributed by atoms with Crippen LogP contribution in [0.5, 0.6) is 0 Å². The highest BCUT2D eigenvalue weighted by Gasteiger charge is 2.08. The predicted octanol–water partition coefficient (Wildman–Crippen LogP) is 3.91. The first-order valence-electron chi connectivity index (χ1n) is 8.32. The highest BCUT2D eigenvalue weighted by molar-refractivity contribution is 6.30. The normalized spacial score (nSPS) is 10.8. The maximum absolute atomic E-state index is 5.95. The molecule has 0 fully saturated rings. The van der Waals surface area contributed by atoms with Crippen LogP contribution in [0, 0.1) is 0 Å². The fourth-order valence-electron chi connectivity index (χ4n) is 2.31. The molecule has 2 aromatic heterocycles.